The smallest absolute Gasteiger partial charge is 0.230 e. The van der Waals surface area contributed by atoms with Gasteiger partial charge in [-0.05, 0) is 24.1 Å². The van der Waals surface area contributed by atoms with Gasteiger partial charge in [0.1, 0.15) is 0 Å². The van der Waals surface area contributed by atoms with Crippen molar-refractivity contribution in [2.24, 2.45) is 0 Å². The van der Waals surface area contributed by atoms with Crippen LogP contribution in [0.2, 0.25) is 0 Å². The standard InChI is InChI=1S/C19H23NOS/c1-15-9-7-8-12-17(15)22-13-18(21)20-14-19(2,3)16-10-5-4-6-11-16/h4-12H,13-14H2,1-3H3,(H,20,21). The van der Waals surface area contributed by atoms with Gasteiger partial charge >= 0.3 is 0 Å². The Bertz CT molecular complexity index is 622. The molecule has 0 radical (unpaired) electrons. The number of carbonyl (C=O) groups excluding carboxylic acids is 1. The van der Waals surface area contributed by atoms with Gasteiger partial charge in [0.05, 0.1) is 5.75 Å². The van der Waals surface area contributed by atoms with E-state index in [9.17, 15) is 4.79 Å². The molecule has 0 spiro atoms. The van der Waals surface area contributed by atoms with Crippen molar-refractivity contribution in [3.8, 4) is 0 Å². The fourth-order valence-electron chi connectivity index (χ4n) is 2.22. The Balaban J connectivity index is 1.84. The van der Waals surface area contributed by atoms with Crippen molar-refractivity contribution >= 4 is 17.7 Å². The van der Waals surface area contributed by atoms with Crippen molar-refractivity contribution < 1.29 is 4.79 Å². The van der Waals surface area contributed by atoms with Crippen LogP contribution >= 0.6 is 11.8 Å². The van der Waals surface area contributed by atoms with Crippen LogP contribution in [0, 0.1) is 6.92 Å². The predicted molar refractivity (Wildman–Crippen MR) is 94.4 cm³/mol. The minimum atomic E-state index is -0.0652. The molecule has 116 valence electrons. The maximum absolute atomic E-state index is 12.1. The van der Waals surface area contributed by atoms with Crippen molar-refractivity contribution in [3.63, 3.8) is 0 Å². The number of benzene rings is 2. The number of thioether (sulfide) groups is 1. The van der Waals surface area contributed by atoms with Crippen molar-refractivity contribution in [2.45, 2.75) is 31.1 Å². The van der Waals surface area contributed by atoms with E-state index in [1.165, 1.54) is 16.0 Å². The van der Waals surface area contributed by atoms with Crippen molar-refractivity contribution in [1.82, 2.24) is 5.32 Å². The van der Waals surface area contributed by atoms with E-state index in [1.54, 1.807) is 11.8 Å². The first kappa shape index (κ1) is 16.6. The molecule has 2 nitrogen and oxygen atoms in total. The monoisotopic (exact) mass is 313 g/mol. The highest BCUT2D eigenvalue weighted by atomic mass is 32.2. The maximum atomic E-state index is 12.1. The van der Waals surface area contributed by atoms with Crippen LogP contribution < -0.4 is 5.32 Å². The molecule has 0 aliphatic heterocycles. The lowest BCUT2D eigenvalue weighted by Crippen LogP contribution is -2.37. The van der Waals surface area contributed by atoms with E-state index in [0.29, 0.717) is 12.3 Å². The van der Waals surface area contributed by atoms with Crippen LogP contribution in [0.4, 0.5) is 0 Å². The molecular formula is C19H23NOS. The van der Waals surface area contributed by atoms with Gasteiger partial charge in [0.2, 0.25) is 5.91 Å². The molecule has 2 aromatic carbocycles. The maximum Gasteiger partial charge on any atom is 0.230 e. The van der Waals surface area contributed by atoms with Crippen molar-refractivity contribution in [3.05, 3.63) is 65.7 Å². The zero-order valence-electron chi connectivity index (χ0n) is 13.4. The van der Waals surface area contributed by atoms with Gasteiger partial charge in [-0.2, -0.15) is 0 Å². The summed E-state index contributed by atoms with van der Waals surface area (Å²) in [5.41, 5.74) is 2.39. The van der Waals surface area contributed by atoms with Crippen molar-refractivity contribution in [2.75, 3.05) is 12.3 Å². The highest BCUT2D eigenvalue weighted by Crippen LogP contribution is 2.23. The number of amides is 1. The molecule has 0 heterocycles. The van der Waals surface area contributed by atoms with E-state index in [1.807, 2.05) is 30.3 Å². The summed E-state index contributed by atoms with van der Waals surface area (Å²) in [5.74, 6) is 0.535. The first-order valence-electron chi connectivity index (χ1n) is 7.50. The minimum absolute atomic E-state index is 0.0652. The zero-order chi connectivity index (χ0) is 16.0. The van der Waals surface area contributed by atoms with Crippen LogP contribution in [-0.4, -0.2) is 18.2 Å². The number of aryl methyl sites for hydroxylation is 1. The molecule has 0 aromatic heterocycles. The van der Waals surface area contributed by atoms with Gasteiger partial charge in [0, 0.05) is 16.9 Å². The van der Waals surface area contributed by atoms with Gasteiger partial charge in [-0.1, -0.05) is 62.4 Å². The summed E-state index contributed by atoms with van der Waals surface area (Å²) in [6.45, 7) is 7.01. The molecule has 22 heavy (non-hydrogen) atoms. The van der Waals surface area contributed by atoms with E-state index in [4.69, 9.17) is 0 Å². The fourth-order valence-corrected chi connectivity index (χ4v) is 3.08. The van der Waals surface area contributed by atoms with Gasteiger partial charge in [-0.25, -0.2) is 0 Å². The minimum Gasteiger partial charge on any atom is -0.355 e. The average Bonchev–Trinajstić information content (AvgIpc) is 2.53. The molecule has 1 N–H and O–H groups in total. The third-order valence-electron chi connectivity index (χ3n) is 3.74. The van der Waals surface area contributed by atoms with Crippen LogP contribution in [0.15, 0.2) is 59.5 Å². The number of hydrogen-bond donors (Lipinski definition) is 1. The fraction of sp³-hybridized carbons (Fsp3) is 0.316. The van der Waals surface area contributed by atoms with Gasteiger partial charge in [-0.15, -0.1) is 11.8 Å². The molecule has 2 rings (SSSR count). The molecular weight excluding hydrogens is 290 g/mol. The van der Waals surface area contributed by atoms with Gasteiger partial charge in [0.25, 0.3) is 0 Å². The third kappa shape index (κ3) is 4.63. The van der Waals surface area contributed by atoms with Crippen LogP contribution in [0.3, 0.4) is 0 Å². The topological polar surface area (TPSA) is 29.1 Å². The van der Waals surface area contributed by atoms with E-state index in [2.05, 4.69) is 50.4 Å². The second-order valence-corrected chi connectivity index (χ2v) is 7.10. The number of nitrogens with one attached hydrogen (secondary N) is 1. The summed E-state index contributed by atoms with van der Waals surface area (Å²) in [5, 5.41) is 3.05. The Morgan fingerprint density at radius 3 is 2.36 bits per heavy atom. The Labute approximate surface area is 137 Å². The Morgan fingerprint density at radius 1 is 1.05 bits per heavy atom. The zero-order valence-corrected chi connectivity index (χ0v) is 14.2. The van der Waals surface area contributed by atoms with E-state index >= 15 is 0 Å². The molecule has 1 amide bonds. The van der Waals surface area contributed by atoms with Crippen LogP contribution in [0.5, 0.6) is 0 Å². The second-order valence-electron chi connectivity index (χ2n) is 6.08. The molecule has 2 aromatic rings. The molecule has 0 aliphatic carbocycles. The molecule has 3 heteroatoms. The molecule has 0 unspecified atom stereocenters. The molecule has 0 fully saturated rings. The highest BCUT2D eigenvalue weighted by Gasteiger charge is 2.21. The van der Waals surface area contributed by atoms with Gasteiger partial charge in [0.15, 0.2) is 0 Å². The lowest BCUT2D eigenvalue weighted by Gasteiger charge is -2.25. The lowest BCUT2D eigenvalue weighted by molar-refractivity contribution is -0.118. The number of hydrogen-bond acceptors (Lipinski definition) is 2. The van der Waals surface area contributed by atoms with Crippen LogP contribution in [0.1, 0.15) is 25.0 Å². The first-order valence-corrected chi connectivity index (χ1v) is 8.48. The summed E-state index contributed by atoms with van der Waals surface area (Å²) in [6.07, 6.45) is 0. The molecule has 0 bridgehead atoms. The van der Waals surface area contributed by atoms with E-state index in [0.717, 1.165) is 0 Å². The summed E-state index contributed by atoms with van der Waals surface area (Å²) >= 11 is 1.59. The summed E-state index contributed by atoms with van der Waals surface area (Å²) < 4.78 is 0. The van der Waals surface area contributed by atoms with Crippen molar-refractivity contribution in [1.29, 1.82) is 0 Å². The van der Waals surface area contributed by atoms with Gasteiger partial charge in [-0.3, -0.25) is 4.79 Å². The summed E-state index contributed by atoms with van der Waals surface area (Å²) in [4.78, 5) is 13.2. The van der Waals surface area contributed by atoms with Crippen LogP contribution in [-0.2, 0) is 10.2 Å². The Morgan fingerprint density at radius 2 is 1.68 bits per heavy atom. The van der Waals surface area contributed by atoms with E-state index < -0.39 is 0 Å². The number of rotatable bonds is 6. The quantitative estimate of drug-likeness (QED) is 0.811. The third-order valence-corrected chi connectivity index (χ3v) is 4.91. The SMILES string of the molecule is Cc1ccccc1SCC(=O)NCC(C)(C)c1ccccc1. The average molecular weight is 313 g/mol. The number of carbonyl (C=O) groups is 1. The first-order chi connectivity index (χ1) is 10.5. The lowest BCUT2D eigenvalue weighted by atomic mass is 9.85. The Hall–Kier alpha value is -1.74. The van der Waals surface area contributed by atoms with E-state index in [-0.39, 0.29) is 11.3 Å². The largest absolute Gasteiger partial charge is 0.355 e. The normalized spacial score (nSPS) is 11.2. The summed E-state index contributed by atoms with van der Waals surface area (Å²) in [7, 11) is 0. The molecule has 0 saturated carbocycles. The molecule has 0 aliphatic rings. The van der Waals surface area contributed by atoms with Gasteiger partial charge < -0.3 is 5.32 Å². The predicted octanol–water partition coefficient (Wildman–Crippen LogP) is 4.18. The summed E-state index contributed by atoms with van der Waals surface area (Å²) in [6, 6.07) is 18.4. The second kappa shape index (κ2) is 7.50. The Kier molecular flexibility index (Phi) is 5.67. The van der Waals surface area contributed by atoms with Crippen LogP contribution in [0.25, 0.3) is 0 Å². The molecule has 0 atom stereocenters. The highest BCUT2D eigenvalue weighted by molar-refractivity contribution is 8.00. The molecule has 0 saturated heterocycles.